The fraction of sp³-hybridized carbons (Fsp3) is 0.500. The van der Waals surface area contributed by atoms with Crippen LogP contribution in [0, 0.1) is 11.8 Å². The summed E-state index contributed by atoms with van der Waals surface area (Å²) in [7, 11) is 0. The highest BCUT2D eigenvalue weighted by Gasteiger charge is 2.26. The van der Waals surface area contributed by atoms with Gasteiger partial charge in [0.15, 0.2) is 5.78 Å². The van der Waals surface area contributed by atoms with Gasteiger partial charge in [-0.25, -0.2) is 0 Å². The van der Waals surface area contributed by atoms with E-state index >= 15 is 0 Å². The largest absolute Gasteiger partial charge is 0.481 e. The van der Waals surface area contributed by atoms with Crippen molar-refractivity contribution in [2.75, 3.05) is 0 Å². The Bertz CT molecular complexity index is 514. The first-order chi connectivity index (χ1) is 11.5. The van der Waals surface area contributed by atoms with E-state index in [2.05, 4.69) is 0 Å². The molecule has 1 aliphatic carbocycles. The second kappa shape index (κ2) is 11.6. The minimum atomic E-state index is -0.773. The molecule has 0 bridgehead atoms. The van der Waals surface area contributed by atoms with Crippen LogP contribution in [0.3, 0.4) is 0 Å². The molecular weight excluding hydrogens is 304 g/mol. The van der Waals surface area contributed by atoms with E-state index in [-0.39, 0.29) is 24.0 Å². The normalized spacial score (nSPS) is 22.3. The van der Waals surface area contributed by atoms with Crippen molar-refractivity contribution in [3.63, 3.8) is 0 Å². The Morgan fingerprint density at radius 3 is 2.79 bits per heavy atom. The highest BCUT2D eigenvalue weighted by Crippen LogP contribution is 2.27. The zero-order chi connectivity index (χ0) is 17.8. The Kier molecular flexibility index (Phi) is 9.70. The lowest BCUT2D eigenvalue weighted by molar-refractivity contribution is -0.137. The van der Waals surface area contributed by atoms with Gasteiger partial charge in [-0.05, 0) is 44.1 Å². The number of carbonyl (C=O) groups excluding carboxylic acids is 1. The molecule has 0 spiro atoms. The lowest BCUT2D eigenvalue weighted by atomic mass is 9.90. The molecule has 0 fully saturated rings. The molecule has 132 valence electrons. The third-order valence-corrected chi connectivity index (χ3v) is 3.95. The lowest BCUT2D eigenvalue weighted by Gasteiger charge is -2.13. The molecular formula is C20H28O4. The molecule has 4 heteroatoms. The minimum Gasteiger partial charge on any atom is -0.481 e. The summed E-state index contributed by atoms with van der Waals surface area (Å²) < 4.78 is 0. The molecule has 0 aromatic carbocycles. The Morgan fingerprint density at radius 1 is 1.29 bits per heavy atom. The second-order valence-corrected chi connectivity index (χ2v) is 6.01. The molecule has 3 atom stereocenters. The molecule has 0 heterocycles. The number of unbranched alkanes of at least 4 members (excludes halogenated alkanes) is 1. The number of aliphatic hydroxyl groups excluding tert-OH is 1. The Morgan fingerprint density at radius 2 is 2.08 bits per heavy atom. The molecule has 0 aromatic heterocycles. The monoisotopic (exact) mass is 332 g/mol. The van der Waals surface area contributed by atoms with Gasteiger partial charge in [0, 0.05) is 12.3 Å². The SMILES string of the molecule is CCC=CCC(O)C=CC1C(=O)C=CC1CC=CCCCC(=O)O. The second-order valence-electron chi connectivity index (χ2n) is 6.01. The summed E-state index contributed by atoms with van der Waals surface area (Å²) in [6, 6.07) is 0. The highest BCUT2D eigenvalue weighted by atomic mass is 16.4. The van der Waals surface area contributed by atoms with Crippen LogP contribution in [-0.4, -0.2) is 28.1 Å². The Balaban J connectivity index is 2.42. The summed E-state index contributed by atoms with van der Waals surface area (Å²) in [5.41, 5.74) is 0. The molecule has 0 aromatic rings. The number of allylic oxidation sites excluding steroid dienone is 6. The topological polar surface area (TPSA) is 74.6 Å². The minimum absolute atomic E-state index is 0.0758. The van der Waals surface area contributed by atoms with Crippen LogP contribution < -0.4 is 0 Å². The summed E-state index contributed by atoms with van der Waals surface area (Å²) >= 11 is 0. The molecule has 24 heavy (non-hydrogen) atoms. The molecule has 2 N–H and O–H groups in total. The van der Waals surface area contributed by atoms with E-state index in [0.717, 1.165) is 19.3 Å². The zero-order valence-corrected chi connectivity index (χ0v) is 14.3. The average molecular weight is 332 g/mol. The van der Waals surface area contributed by atoms with E-state index < -0.39 is 12.1 Å². The first kappa shape index (κ1) is 20.1. The van der Waals surface area contributed by atoms with Gasteiger partial charge in [0.2, 0.25) is 0 Å². The summed E-state index contributed by atoms with van der Waals surface area (Å²) in [4.78, 5) is 22.4. The van der Waals surface area contributed by atoms with Gasteiger partial charge in [0.25, 0.3) is 0 Å². The van der Waals surface area contributed by atoms with Crippen LogP contribution in [0.25, 0.3) is 0 Å². The van der Waals surface area contributed by atoms with E-state index in [4.69, 9.17) is 5.11 Å². The quantitative estimate of drug-likeness (QED) is 0.445. The highest BCUT2D eigenvalue weighted by molar-refractivity contribution is 5.95. The molecule has 0 amide bonds. The van der Waals surface area contributed by atoms with Crippen molar-refractivity contribution in [3.05, 3.63) is 48.6 Å². The summed E-state index contributed by atoms with van der Waals surface area (Å²) in [5, 5.41) is 18.5. The van der Waals surface area contributed by atoms with Crippen LogP contribution in [0.2, 0.25) is 0 Å². The van der Waals surface area contributed by atoms with Crippen molar-refractivity contribution in [1.82, 2.24) is 0 Å². The van der Waals surface area contributed by atoms with Gasteiger partial charge in [-0.3, -0.25) is 9.59 Å². The molecule has 3 unspecified atom stereocenters. The van der Waals surface area contributed by atoms with Gasteiger partial charge in [-0.2, -0.15) is 0 Å². The van der Waals surface area contributed by atoms with Crippen LogP contribution in [0.1, 0.15) is 45.4 Å². The number of aliphatic hydroxyl groups is 1. The summed E-state index contributed by atoms with van der Waals surface area (Å²) in [6.45, 7) is 2.04. The van der Waals surface area contributed by atoms with Crippen molar-refractivity contribution in [2.45, 2.75) is 51.6 Å². The van der Waals surface area contributed by atoms with Crippen LogP contribution in [-0.2, 0) is 9.59 Å². The smallest absolute Gasteiger partial charge is 0.303 e. The average Bonchev–Trinajstić information content (AvgIpc) is 2.89. The number of rotatable bonds is 11. The molecule has 0 aliphatic heterocycles. The van der Waals surface area contributed by atoms with Crippen LogP contribution >= 0.6 is 0 Å². The van der Waals surface area contributed by atoms with Crippen molar-refractivity contribution in [3.8, 4) is 0 Å². The number of carboxylic acids is 1. The van der Waals surface area contributed by atoms with Gasteiger partial charge in [-0.15, -0.1) is 0 Å². The van der Waals surface area contributed by atoms with Crippen molar-refractivity contribution < 1.29 is 19.8 Å². The first-order valence-electron chi connectivity index (χ1n) is 8.64. The van der Waals surface area contributed by atoms with Gasteiger partial charge in [0.05, 0.1) is 6.10 Å². The third kappa shape index (κ3) is 8.06. The van der Waals surface area contributed by atoms with E-state index in [1.807, 2.05) is 43.4 Å². The van der Waals surface area contributed by atoms with E-state index in [0.29, 0.717) is 12.8 Å². The number of aliphatic carboxylic acids is 1. The maximum Gasteiger partial charge on any atom is 0.303 e. The van der Waals surface area contributed by atoms with Crippen LogP contribution in [0.15, 0.2) is 48.6 Å². The number of hydrogen-bond donors (Lipinski definition) is 2. The molecule has 0 saturated heterocycles. The maximum atomic E-state index is 11.9. The van der Waals surface area contributed by atoms with Gasteiger partial charge < -0.3 is 10.2 Å². The number of carboxylic acid groups (broad SMARTS) is 1. The van der Waals surface area contributed by atoms with Crippen LogP contribution in [0.5, 0.6) is 0 Å². The maximum absolute atomic E-state index is 11.9. The number of hydrogen-bond acceptors (Lipinski definition) is 3. The molecule has 0 radical (unpaired) electrons. The van der Waals surface area contributed by atoms with Gasteiger partial charge >= 0.3 is 5.97 Å². The van der Waals surface area contributed by atoms with E-state index in [1.165, 1.54) is 0 Å². The molecule has 1 aliphatic rings. The van der Waals surface area contributed by atoms with E-state index in [1.54, 1.807) is 12.2 Å². The Labute approximate surface area is 144 Å². The Hall–Kier alpha value is -1.94. The first-order valence-corrected chi connectivity index (χ1v) is 8.64. The number of ketones is 1. The lowest BCUT2D eigenvalue weighted by Crippen LogP contribution is -2.14. The molecule has 1 rings (SSSR count). The van der Waals surface area contributed by atoms with Crippen LogP contribution in [0.4, 0.5) is 0 Å². The fourth-order valence-corrected chi connectivity index (χ4v) is 2.59. The predicted molar refractivity (Wildman–Crippen MR) is 95.6 cm³/mol. The zero-order valence-electron chi connectivity index (χ0n) is 14.3. The van der Waals surface area contributed by atoms with Crippen molar-refractivity contribution in [1.29, 1.82) is 0 Å². The molecule has 4 nitrogen and oxygen atoms in total. The van der Waals surface area contributed by atoms with Gasteiger partial charge in [-0.1, -0.05) is 49.5 Å². The molecule has 0 saturated carbocycles. The standard InChI is InChI=1S/C20H28O4/c1-2-3-6-10-17(21)13-14-18-16(12-15-19(18)22)9-7-4-5-8-11-20(23)24/h3-4,6-7,12-18,21H,2,5,8-11H2,1H3,(H,23,24). The van der Waals surface area contributed by atoms with Gasteiger partial charge in [0.1, 0.15) is 0 Å². The van der Waals surface area contributed by atoms with E-state index in [9.17, 15) is 14.7 Å². The van der Waals surface area contributed by atoms with Crippen molar-refractivity contribution in [2.24, 2.45) is 11.8 Å². The third-order valence-electron chi connectivity index (χ3n) is 3.95. The predicted octanol–water partition coefficient (Wildman–Crippen LogP) is 3.83. The summed E-state index contributed by atoms with van der Waals surface area (Å²) in [6.07, 6.45) is 18.2. The summed E-state index contributed by atoms with van der Waals surface area (Å²) in [5.74, 6) is -0.793. The fourth-order valence-electron chi connectivity index (χ4n) is 2.59. The number of carbonyl (C=O) groups is 2. The van der Waals surface area contributed by atoms with Crippen molar-refractivity contribution >= 4 is 11.8 Å².